The van der Waals surface area contributed by atoms with Crippen molar-refractivity contribution in [2.75, 3.05) is 17.1 Å². The van der Waals surface area contributed by atoms with Crippen molar-refractivity contribution in [2.45, 2.75) is 13.0 Å². The van der Waals surface area contributed by atoms with Gasteiger partial charge < -0.3 is 10.5 Å². The minimum Gasteiger partial charge on any atom is -0.389 e. The van der Waals surface area contributed by atoms with E-state index in [-0.39, 0.29) is 22.0 Å². The molecule has 0 fully saturated rings. The Morgan fingerprint density at radius 2 is 1.92 bits per heavy atom. The van der Waals surface area contributed by atoms with E-state index in [1.54, 1.807) is 0 Å². The summed E-state index contributed by atoms with van der Waals surface area (Å²) >= 11 is 4.82. The minimum atomic E-state index is -3.62. The van der Waals surface area contributed by atoms with Crippen molar-refractivity contribution >= 4 is 32.9 Å². The molecule has 0 aromatic heterocycles. The van der Waals surface area contributed by atoms with Crippen LogP contribution in [-0.4, -0.2) is 25.8 Å². The summed E-state index contributed by atoms with van der Waals surface area (Å²) in [7, 11) is -3.62. The molecule has 2 rings (SSSR count). The van der Waals surface area contributed by atoms with Crippen molar-refractivity contribution in [3.8, 4) is 0 Å². The largest absolute Gasteiger partial charge is 0.389 e. The summed E-state index contributed by atoms with van der Waals surface area (Å²) < 4.78 is 45.4. The Morgan fingerprint density at radius 1 is 1.20 bits per heavy atom. The fraction of sp³-hybridized carbons (Fsp3) is 0.235. The van der Waals surface area contributed by atoms with E-state index in [2.05, 4.69) is 4.72 Å². The maximum absolute atomic E-state index is 13.3. The zero-order valence-electron chi connectivity index (χ0n) is 13.4. The SMILES string of the molecule is NC(=S)c1cc(F)ccc1NS(=O)(=O)CCCOCc1ccccc1. The van der Waals surface area contributed by atoms with Crippen LogP contribution in [0.3, 0.4) is 0 Å². The van der Waals surface area contributed by atoms with E-state index in [1.807, 2.05) is 30.3 Å². The number of ether oxygens (including phenoxy) is 1. The summed E-state index contributed by atoms with van der Waals surface area (Å²) in [6, 6.07) is 13.1. The molecule has 0 aliphatic heterocycles. The van der Waals surface area contributed by atoms with Gasteiger partial charge in [-0.2, -0.15) is 0 Å². The van der Waals surface area contributed by atoms with Crippen molar-refractivity contribution in [3.05, 3.63) is 65.5 Å². The normalized spacial score (nSPS) is 11.2. The van der Waals surface area contributed by atoms with Gasteiger partial charge in [-0.1, -0.05) is 42.5 Å². The Hall–Kier alpha value is -2.03. The van der Waals surface area contributed by atoms with Crippen LogP contribution in [0.15, 0.2) is 48.5 Å². The van der Waals surface area contributed by atoms with Crippen molar-refractivity contribution in [2.24, 2.45) is 5.73 Å². The van der Waals surface area contributed by atoms with Crippen LogP contribution in [0.5, 0.6) is 0 Å². The van der Waals surface area contributed by atoms with Crippen LogP contribution in [0.1, 0.15) is 17.5 Å². The summed E-state index contributed by atoms with van der Waals surface area (Å²) in [5.74, 6) is -0.671. The Morgan fingerprint density at radius 3 is 2.60 bits per heavy atom. The summed E-state index contributed by atoms with van der Waals surface area (Å²) in [5.41, 5.74) is 6.85. The lowest BCUT2D eigenvalue weighted by atomic mass is 10.2. The van der Waals surface area contributed by atoms with E-state index in [9.17, 15) is 12.8 Å². The Bertz CT molecular complexity index is 827. The van der Waals surface area contributed by atoms with Gasteiger partial charge in [0, 0.05) is 12.2 Å². The quantitative estimate of drug-likeness (QED) is 0.515. The molecule has 0 saturated carbocycles. The van der Waals surface area contributed by atoms with Crippen molar-refractivity contribution in [1.29, 1.82) is 0 Å². The van der Waals surface area contributed by atoms with Crippen LogP contribution in [0.25, 0.3) is 0 Å². The highest BCUT2D eigenvalue weighted by Crippen LogP contribution is 2.18. The van der Waals surface area contributed by atoms with Crippen LogP contribution >= 0.6 is 12.2 Å². The molecular formula is C17H19FN2O3S2. The molecule has 0 aliphatic rings. The lowest BCUT2D eigenvalue weighted by molar-refractivity contribution is 0.122. The smallest absolute Gasteiger partial charge is 0.232 e. The third-order valence-corrected chi connectivity index (χ3v) is 4.90. The number of nitrogens with two attached hydrogens (primary N) is 1. The molecule has 0 spiro atoms. The maximum atomic E-state index is 13.3. The van der Waals surface area contributed by atoms with Gasteiger partial charge in [-0.3, -0.25) is 4.72 Å². The maximum Gasteiger partial charge on any atom is 0.232 e. The van der Waals surface area contributed by atoms with Crippen LogP contribution in [0.4, 0.5) is 10.1 Å². The third-order valence-electron chi connectivity index (χ3n) is 3.33. The van der Waals surface area contributed by atoms with Crippen molar-refractivity contribution in [3.63, 3.8) is 0 Å². The van der Waals surface area contributed by atoms with Crippen molar-refractivity contribution in [1.82, 2.24) is 0 Å². The second-order valence-corrected chi connectivity index (χ2v) is 7.65. The van der Waals surface area contributed by atoms with E-state index in [0.717, 1.165) is 17.7 Å². The number of rotatable bonds is 9. The molecule has 3 N–H and O–H groups in total. The Labute approximate surface area is 152 Å². The third kappa shape index (κ3) is 6.41. The molecule has 0 amide bonds. The van der Waals surface area contributed by atoms with Crippen LogP contribution in [-0.2, 0) is 21.4 Å². The molecule has 2 aromatic carbocycles. The molecule has 8 heteroatoms. The number of halogens is 1. The van der Waals surface area contributed by atoms with Gasteiger partial charge in [0.05, 0.1) is 18.0 Å². The summed E-state index contributed by atoms with van der Waals surface area (Å²) in [6.07, 6.45) is 0.325. The number of hydrogen-bond acceptors (Lipinski definition) is 4. The van der Waals surface area contributed by atoms with Crippen LogP contribution < -0.4 is 10.5 Å². The number of benzene rings is 2. The van der Waals surface area contributed by atoms with Gasteiger partial charge >= 0.3 is 0 Å². The van der Waals surface area contributed by atoms with Gasteiger partial charge in [-0.05, 0) is 30.2 Å². The molecule has 2 aromatic rings. The second-order valence-electron chi connectivity index (χ2n) is 5.37. The molecule has 0 saturated heterocycles. The Balaban J connectivity index is 1.85. The first-order valence-electron chi connectivity index (χ1n) is 7.59. The summed E-state index contributed by atoms with van der Waals surface area (Å²) in [5, 5.41) is 0. The van der Waals surface area contributed by atoms with E-state index in [1.165, 1.54) is 6.07 Å². The highest BCUT2D eigenvalue weighted by molar-refractivity contribution is 7.92. The van der Waals surface area contributed by atoms with E-state index in [0.29, 0.717) is 19.6 Å². The molecule has 0 atom stereocenters. The molecule has 5 nitrogen and oxygen atoms in total. The number of anilines is 1. The zero-order valence-corrected chi connectivity index (χ0v) is 15.1. The molecule has 0 unspecified atom stereocenters. The first kappa shape index (κ1) is 19.3. The fourth-order valence-electron chi connectivity index (χ4n) is 2.14. The van der Waals surface area contributed by atoms with Gasteiger partial charge in [0.15, 0.2) is 0 Å². The molecule has 0 heterocycles. The number of nitrogens with one attached hydrogen (secondary N) is 1. The first-order valence-corrected chi connectivity index (χ1v) is 9.65. The molecule has 0 aliphatic carbocycles. The topological polar surface area (TPSA) is 81.4 Å². The van der Waals surface area contributed by atoms with Crippen LogP contribution in [0, 0.1) is 5.82 Å². The number of thiocarbonyl (C=S) groups is 1. The van der Waals surface area contributed by atoms with Gasteiger partial charge in [-0.25, -0.2) is 12.8 Å². The summed E-state index contributed by atoms with van der Waals surface area (Å²) in [4.78, 5) is -0.0802. The predicted octanol–water partition coefficient (Wildman–Crippen LogP) is 2.81. The highest BCUT2D eigenvalue weighted by Gasteiger charge is 2.14. The molecule has 25 heavy (non-hydrogen) atoms. The van der Waals surface area contributed by atoms with Gasteiger partial charge in [0.25, 0.3) is 0 Å². The van der Waals surface area contributed by atoms with Crippen molar-refractivity contribution < 1.29 is 17.5 Å². The average molecular weight is 382 g/mol. The summed E-state index contributed by atoms with van der Waals surface area (Å²) in [6.45, 7) is 0.735. The monoisotopic (exact) mass is 382 g/mol. The minimum absolute atomic E-state index is 0.0802. The first-order chi connectivity index (χ1) is 11.9. The lowest BCUT2D eigenvalue weighted by Crippen LogP contribution is -2.21. The van der Waals surface area contributed by atoms with Gasteiger partial charge in [0.2, 0.25) is 10.0 Å². The molecule has 134 valence electrons. The van der Waals surface area contributed by atoms with Crippen LogP contribution in [0.2, 0.25) is 0 Å². The lowest BCUT2D eigenvalue weighted by Gasteiger charge is -2.12. The average Bonchev–Trinajstić information content (AvgIpc) is 2.56. The standard InChI is InChI=1S/C17H19FN2O3S2/c18-14-7-8-16(15(11-14)17(19)24)20-25(21,22)10-4-9-23-12-13-5-2-1-3-6-13/h1-3,5-8,11,20H,4,9-10,12H2,(H2,19,24). The number of sulfonamides is 1. The highest BCUT2D eigenvalue weighted by atomic mass is 32.2. The second kappa shape index (κ2) is 8.89. The molecule has 0 bridgehead atoms. The van der Waals surface area contributed by atoms with Gasteiger partial charge in [0.1, 0.15) is 10.8 Å². The fourth-order valence-corrected chi connectivity index (χ4v) is 3.43. The van der Waals surface area contributed by atoms with Gasteiger partial charge in [-0.15, -0.1) is 0 Å². The Kier molecular flexibility index (Phi) is 6.86. The number of hydrogen-bond donors (Lipinski definition) is 2. The predicted molar refractivity (Wildman–Crippen MR) is 100 cm³/mol. The van der Waals surface area contributed by atoms with E-state index in [4.69, 9.17) is 22.7 Å². The molecular weight excluding hydrogens is 363 g/mol. The zero-order chi connectivity index (χ0) is 18.3. The molecule has 0 radical (unpaired) electrons. The van der Waals surface area contributed by atoms with E-state index >= 15 is 0 Å². The van der Waals surface area contributed by atoms with E-state index < -0.39 is 15.8 Å².